The Morgan fingerprint density at radius 3 is 2.40 bits per heavy atom. The number of hydrogen-bond donors (Lipinski definition) is 0. The first-order chi connectivity index (χ1) is 12.1. The van der Waals surface area contributed by atoms with E-state index in [-0.39, 0.29) is 0 Å². The van der Waals surface area contributed by atoms with E-state index in [0.717, 1.165) is 35.8 Å². The van der Waals surface area contributed by atoms with Crippen molar-refractivity contribution >= 4 is 17.7 Å². The Bertz CT molecular complexity index is 708. The highest BCUT2D eigenvalue weighted by atomic mass is 16.5. The second kappa shape index (κ2) is 6.40. The van der Waals surface area contributed by atoms with Gasteiger partial charge in [-0.3, -0.25) is 4.99 Å². The first-order valence-electron chi connectivity index (χ1n) is 9.28. The molecule has 0 N–H and O–H groups in total. The van der Waals surface area contributed by atoms with Crippen molar-refractivity contribution in [3.05, 3.63) is 23.8 Å². The second-order valence-electron chi connectivity index (χ2n) is 7.84. The van der Waals surface area contributed by atoms with E-state index in [9.17, 15) is 0 Å². The van der Waals surface area contributed by atoms with Crippen molar-refractivity contribution in [3.8, 4) is 11.5 Å². The summed E-state index contributed by atoms with van der Waals surface area (Å²) in [6, 6.07) is 3.92. The van der Waals surface area contributed by atoms with E-state index in [2.05, 4.69) is 18.0 Å². The van der Waals surface area contributed by atoms with Gasteiger partial charge in [0.2, 0.25) is 0 Å². The Hall–Kier alpha value is -1.97. The summed E-state index contributed by atoms with van der Waals surface area (Å²) in [7, 11) is 3.31. The third-order valence-corrected chi connectivity index (χ3v) is 5.80. The maximum atomic E-state index is 6.42. The van der Waals surface area contributed by atoms with E-state index in [1.807, 2.05) is 18.3 Å². The Balaban J connectivity index is 1.57. The van der Waals surface area contributed by atoms with Gasteiger partial charge in [0.1, 0.15) is 5.76 Å². The largest absolute Gasteiger partial charge is 0.493 e. The molecule has 25 heavy (non-hydrogen) atoms. The number of ether oxygens (including phenoxy) is 3. The summed E-state index contributed by atoms with van der Waals surface area (Å²) in [5.74, 6) is 3.25. The summed E-state index contributed by atoms with van der Waals surface area (Å²) in [6.45, 7) is 2.35. The van der Waals surface area contributed by atoms with Gasteiger partial charge in [-0.25, -0.2) is 0 Å². The Labute approximate surface area is 149 Å². The van der Waals surface area contributed by atoms with Gasteiger partial charge in [0.25, 0.3) is 0 Å². The van der Waals surface area contributed by atoms with Gasteiger partial charge in [-0.2, -0.15) is 0 Å². The van der Waals surface area contributed by atoms with Crippen LogP contribution in [0.2, 0.25) is 0 Å². The molecule has 0 radical (unpaired) electrons. The standard InChI is InChI=1S/C21H27NO3/c1-14-10-21(11-14)12-15(13-21)25-18-6-4-5-7-22-17-9-20(24-3)19(23-2)8-16(17)18/h6-9,14-15H,4-5,10-13H2,1-3H3/b18-6+,22-7-. The van der Waals surface area contributed by atoms with E-state index < -0.39 is 0 Å². The molecule has 4 heteroatoms. The zero-order chi connectivity index (χ0) is 17.4. The number of rotatable bonds is 4. The van der Waals surface area contributed by atoms with Crippen molar-refractivity contribution in [1.29, 1.82) is 0 Å². The number of aliphatic imine (C=N–C) groups is 1. The Morgan fingerprint density at radius 1 is 1.00 bits per heavy atom. The molecule has 4 nitrogen and oxygen atoms in total. The molecule has 3 aliphatic rings. The van der Waals surface area contributed by atoms with Crippen molar-refractivity contribution in [2.45, 2.75) is 51.6 Å². The third-order valence-electron chi connectivity index (χ3n) is 5.80. The number of benzene rings is 1. The number of allylic oxidation sites excluding steroid dienone is 1. The summed E-state index contributed by atoms with van der Waals surface area (Å²) >= 11 is 0. The molecule has 134 valence electrons. The number of hydrogen-bond acceptors (Lipinski definition) is 4. The van der Waals surface area contributed by atoms with Crippen LogP contribution in [0.4, 0.5) is 5.69 Å². The molecule has 4 rings (SSSR count). The normalized spacial score (nSPS) is 33.6. The van der Waals surface area contributed by atoms with Gasteiger partial charge in [0, 0.05) is 17.8 Å². The van der Waals surface area contributed by atoms with Crippen LogP contribution < -0.4 is 9.47 Å². The molecule has 1 aromatic carbocycles. The molecule has 0 amide bonds. The van der Waals surface area contributed by atoms with Crippen LogP contribution in [0, 0.1) is 11.3 Å². The van der Waals surface area contributed by atoms with E-state index in [1.54, 1.807) is 14.2 Å². The molecule has 0 aromatic heterocycles. The van der Waals surface area contributed by atoms with Gasteiger partial charge in [0.05, 0.1) is 26.0 Å². The zero-order valence-electron chi connectivity index (χ0n) is 15.4. The molecule has 2 fully saturated rings. The van der Waals surface area contributed by atoms with Crippen molar-refractivity contribution in [2.24, 2.45) is 16.3 Å². The van der Waals surface area contributed by atoms with Crippen molar-refractivity contribution in [3.63, 3.8) is 0 Å². The maximum Gasteiger partial charge on any atom is 0.162 e. The SMILES string of the molecule is COc1cc2c(cc1OC)/C(OC1CC3(CC(C)C3)C1)=C\CC/C=N\2. The lowest BCUT2D eigenvalue weighted by atomic mass is 9.51. The molecule has 0 saturated heterocycles. The monoisotopic (exact) mass is 341 g/mol. The highest BCUT2D eigenvalue weighted by molar-refractivity contribution is 5.79. The third kappa shape index (κ3) is 3.03. The fraction of sp³-hybridized carbons (Fsp3) is 0.571. The van der Waals surface area contributed by atoms with Crippen molar-refractivity contribution in [1.82, 2.24) is 0 Å². The first-order valence-corrected chi connectivity index (χ1v) is 9.28. The van der Waals surface area contributed by atoms with Gasteiger partial charge in [-0.15, -0.1) is 0 Å². The lowest BCUT2D eigenvalue weighted by molar-refractivity contribution is -0.105. The lowest BCUT2D eigenvalue weighted by Crippen LogP contribution is -2.50. The highest BCUT2D eigenvalue weighted by Gasteiger charge is 2.52. The molecule has 2 saturated carbocycles. The smallest absolute Gasteiger partial charge is 0.162 e. The van der Waals surface area contributed by atoms with E-state index in [4.69, 9.17) is 14.2 Å². The Kier molecular flexibility index (Phi) is 4.22. The Morgan fingerprint density at radius 2 is 1.72 bits per heavy atom. The molecule has 0 bridgehead atoms. The molecular weight excluding hydrogens is 314 g/mol. The lowest BCUT2D eigenvalue weighted by Gasteiger charge is -2.56. The minimum absolute atomic E-state index is 0.336. The first kappa shape index (κ1) is 16.5. The van der Waals surface area contributed by atoms with Crippen LogP contribution >= 0.6 is 0 Å². The number of nitrogens with zero attached hydrogens (tertiary/aromatic N) is 1. The van der Waals surface area contributed by atoms with Gasteiger partial charge < -0.3 is 14.2 Å². The van der Waals surface area contributed by atoms with Gasteiger partial charge in [-0.05, 0) is 62.0 Å². The summed E-state index contributed by atoms with van der Waals surface area (Å²) < 4.78 is 17.3. The van der Waals surface area contributed by atoms with Gasteiger partial charge >= 0.3 is 0 Å². The van der Waals surface area contributed by atoms with Crippen molar-refractivity contribution < 1.29 is 14.2 Å². The minimum Gasteiger partial charge on any atom is -0.493 e. The van der Waals surface area contributed by atoms with Crippen LogP contribution in [-0.4, -0.2) is 26.5 Å². The summed E-state index contributed by atoms with van der Waals surface area (Å²) in [5, 5.41) is 0. The van der Waals surface area contributed by atoms with Crippen LogP contribution in [0.3, 0.4) is 0 Å². The van der Waals surface area contributed by atoms with Gasteiger partial charge in [0.15, 0.2) is 11.5 Å². The summed E-state index contributed by atoms with van der Waals surface area (Å²) in [5.41, 5.74) is 2.47. The quantitative estimate of drug-likeness (QED) is 0.761. The molecule has 1 spiro atoms. The summed E-state index contributed by atoms with van der Waals surface area (Å²) in [4.78, 5) is 4.62. The van der Waals surface area contributed by atoms with Crippen LogP contribution in [0.25, 0.3) is 5.76 Å². The predicted molar refractivity (Wildman–Crippen MR) is 99.8 cm³/mol. The molecular formula is C21H27NO3. The molecule has 1 aromatic rings. The highest BCUT2D eigenvalue weighted by Crippen LogP contribution is 2.60. The zero-order valence-corrected chi connectivity index (χ0v) is 15.4. The van der Waals surface area contributed by atoms with E-state index in [0.29, 0.717) is 23.0 Å². The maximum absolute atomic E-state index is 6.42. The van der Waals surface area contributed by atoms with E-state index in [1.165, 1.54) is 25.7 Å². The number of methoxy groups -OCH3 is 2. The fourth-order valence-electron chi connectivity index (χ4n) is 4.77. The topological polar surface area (TPSA) is 40.0 Å². The van der Waals surface area contributed by atoms with E-state index >= 15 is 0 Å². The number of fused-ring (bicyclic) bond motifs is 1. The molecule has 1 heterocycles. The fourth-order valence-corrected chi connectivity index (χ4v) is 4.77. The van der Waals surface area contributed by atoms with Crippen LogP contribution in [0.1, 0.15) is 51.0 Å². The summed E-state index contributed by atoms with van der Waals surface area (Å²) in [6.07, 6.45) is 11.5. The minimum atomic E-state index is 0.336. The average Bonchev–Trinajstić information content (AvgIpc) is 2.54. The van der Waals surface area contributed by atoms with Gasteiger partial charge in [-0.1, -0.05) is 6.92 Å². The van der Waals surface area contributed by atoms with Crippen LogP contribution in [0.5, 0.6) is 11.5 Å². The van der Waals surface area contributed by atoms with Crippen LogP contribution in [-0.2, 0) is 4.74 Å². The molecule has 0 atom stereocenters. The van der Waals surface area contributed by atoms with Crippen LogP contribution in [0.15, 0.2) is 23.2 Å². The second-order valence-corrected chi connectivity index (χ2v) is 7.84. The predicted octanol–water partition coefficient (Wildman–Crippen LogP) is 5.14. The van der Waals surface area contributed by atoms with Crippen molar-refractivity contribution in [2.75, 3.05) is 14.2 Å². The molecule has 1 aliphatic heterocycles. The molecule has 2 aliphatic carbocycles. The molecule has 0 unspecified atom stereocenters. The average molecular weight is 341 g/mol.